The van der Waals surface area contributed by atoms with Gasteiger partial charge in [-0.05, 0) is 42.6 Å². The summed E-state index contributed by atoms with van der Waals surface area (Å²) in [6.45, 7) is 5.88. The summed E-state index contributed by atoms with van der Waals surface area (Å²) in [5, 5.41) is 2.62. The first kappa shape index (κ1) is 15.4. The molecule has 0 aliphatic carbocycles. The number of alkyl carbamates (subject to hydrolysis) is 1. The molecule has 0 saturated heterocycles. The predicted molar refractivity (Wildman–Crippen MR) is 75.5 cm³/mol. The van der Waals surface area contributed by atoms with Crippen LogP contribution in [-0.2, 0) is 4.74 Å². The Kier molecular flexibility index (Phi) is 5.77. The van der Waals surface area contributed by atoms with Crippen LogP contribution in [-0.4, -0.2) is 28.2 Å². The Morgan fingerprint density at radius 2 is 2.05 bits per heavy atom. The first-order chi connectivity index (χ1) is 8.87. The Morgan fingerprint density at radius 1 is 1.42 bits per heavy atom. The van der Waals surface area contributed by atoms with Gasteiger partial charge in [0.15, 0.2) is 0 Å². The fraction of sp³-hybridized carbons (Fsp3) is 0.462. The van der Waals surface area contributed by atoms with E-state index in [1.165, 1.54) is 0 Å². The Morgan fingerprint density at radius 3 is 2.63 bits per heavy atom. The zero-order valence-electron chi connectivity index (χ0n) is 11.2. The molecule has 5 nitrogen and oxygen atoms in total. The zero-order valence-corrected chi connectivity index (χ0v) is 12.7. The SMILES string of the molecule is CC(C)(C)OC(=O)NCCC#Cc1ncc(Br)cn1. The number of halogens is 1. The minimum atomic E-state index is -0.485. The zero-order chi connectivity index (χ0) is 14.3. The van der Waals surface area contributed by atoms with Gasteiger partial charge in [0.05, 0.1) is 4.47 Å². The van der Waals surface area contributed by atoms with Crippen molar-refractivity contribution in [2.24, 2.45) is 0 Å². The maximum Gasteiger partial charge on any atom is 0.407 e. The summed E-state index contributed by atoms with van der Waals surface area (Å²) in [7, 11) is 0. The lowest BCUT2D eigenvalue weighted by atomic mass is 10.2. The molecule has 0 fully saturated rings. The van der Waals surface area contributed by atoms with Crippen molar-refractivity contribution in [3.05, 3.63) is 22.7 Å². The Labute approximate surface area is 121 Å². The summed E-state index contributed by atoms with van der Waals surface area (Å²) >= 11 is 3.24. The van der Waals surface area contributed by atoms with Crippen molar-refractivity contribution in [1.82, 2.24) is 15.3 Å². The first-order valence-electron chi connectivity index (χ1n) is 5.80. The molecule has 0 aliphatic rings. The van der Waals surface area contributed by atoms with E-state index in [0.717, 1.165) is 4.47 Å². The van der Waals surface area contributed by atoms with Crippen LogP contribution >= 0.6 is 15.9 Å². The van der Waals surface area contributed by atoms with Crippen LogP contribution < -0.4 is 5.32 Å². The highest BCUT2D eigenvalue weighted by Crippen LogP contribution is 2.06. The molecule has 1 rings (SSSR count). The lowest BCUT2D eigenvalue weighted by Gasteiger charge is -2.19. The lowest BCUT2D eigenvalue weighted by Crippen LogP contribution is -2.32. The van der Waals surface area contributed by atoms with Gasteiger partial charge in [-0.3, -0.25) is 0 Å². The van der Waals surface area contributed by atoms with Crippen LogP contribution in [0.3, 0.4) is 0 Å². The smallest absolute Gasteiger partial charge is 0.407 e. The number of aromatic nitrogens is 2. The molecule has 1 aromatic rings. The van der Waals surface area contributed by atoms with Crippen molar-refractivity contribution in [2.45, 2.75) is 32.8 Å². The summed E-state index contributed by atoms with van der Waals surface area (Å²) in [5.74, 6) is 6.15. The van der Waals surface area contributed by atoms with E-state index in [9.17, 15) is 4.79 Å². The van der Waals surface area contributed by atoms with Gasteiger partial charge in [0, 0.05) is 25.4 Å². The monoisotopic (exact) mass is 325 g/mol. The van der Waals surface area contributed by atoms with Crippen molar-refractivity contribution < 1.29 is 9.53 Å². The van der Waals surface area contributed by atoms with E-state index in [1.807, 2.05) is 20.8 Å². The molecule has 0 atom stereocenters. The van der Waals surface area contributed by atoms with E-state index < -0.39 is 11.7 Å². The molecule has 6 heteroatoms. The van der Waals surface area contributed by atoms with E-state index in [-0.39, 0.29) is 0 Å². The van der Waals surface area contributed by atoms with Crippen molar-refractivity contribution >= 4 is 22.0 Å². The molecule has 0 unspecified atom stereocenters. The number of nitrogens with one attached hydrogen (secondary N) is 1. The van der Waals surface area contributed by atoms with Crippen LogP contribution in [0.4, 0.5) is 4.79 Å². The number of hydrogen-bond acceptors (Lipinski definition) is 4. The third kappa shape index (κ3) is 7.42. The molecule has 0 saturated carbocycles. The molecule has 1 heterocycles. The van der Waals surface area contributed by atoms with Crippen LogP contribution in [0.1, 0.15) is 33.0 Å². The first-order valence-corrected chi connectivity index (χ1v) is 6.59. The van der Waals surface area contributed by atoms with Gasteiger partial charge >= 0.3 is 6.09 Å². The largest absolute Gasteiger partial charge is 0.444 e. The van der Waals surface area contributed by atoms with Crippen molar-refractivity contribution in [2.75, 3.05) is 6.54 Å². The molecule has 102 valence electrons. The van der Waals surface area contributed by atoms with Crippen LogP contribution in [0.2, 0.25) is 0 Å². The minimum Gasteiger partial charge on any atom is -0.444 e. The van der Waals surface area contributed by atoms with Gasteiger partial charge in [0.1, 0.15) is 5.60 Å². The van der Waals surface area contributed by atoms with E-state index in [4.69, 9.17) is 4.74 Å². The molecule has 0 spiro atoms. The fourth-order valence-electron chi connectivity index (χ4n) is 1.06. The average molecular weight is 326 g/mol. The van der Waals surface area contributed by atoms with E-state index in [2.05, 4.69) is 43.1 Å². The maximum absolute atomic E-state index is 11.3. The van der Waals surface area contributed by atoms with Crippen LogP contribution in [0.5, 0.6) is 0 Å². The lowest BCUT2D eigenvalue weighted by molar-refractivity contribution is 0.0529. The second kappa shape index (κ2) is 7.10. The number of ether oxygens (including phenoxy) is 1. The summed E-state index contributed by atoms with van der Waals surface area (Å²) < 4.78 is 5.90. The average Bonchev–Trinajstić information content (AvgIpc) is 2.29. The number of carbonyl (C=O) groups is 1. The second-order valence-corrected chi connectivity index (χ2v) is 5.62. The highest BCUT2D eigenvalue weighted by Gasteiger charge is 2.15. The van der Waals surface area contributed by atoms with Gasteiger partial charge in [-0.1, -0.05) is 5.92 Å². The van der Waals surface area contributed by atoms with E-state index in [1.54, 1.807) is 12.4 Å². The summed E-state index contributed by atoms with van der Waals surface area (Å²) in [5.41, 5.74) is -0.485. The second-order valence-electron chi connectivity index (χ2n) is 4.71. The highest BCUT2D eigenvalue weighted by molar-refractivity contribution is 9.10. The molecule has 1 aromatic heterocycles. The Bertz CT molecular complexity index is 483. The van der Waals surface area contributed by atoms with Gasteiger partial charge in [-0.15, -0.1) is 0 Å². The van der Waals surface area contributed by atoms with Gasteiger partial charge in [-0.2, -0.15) is 0 Å². The van der Waals surface area contributed by atoms with Crippen LogP contribution in [0, 0.1) is 11.8 Å². The van der Waals surface area contributed by atoms with Gasteiger partial charge in [0.25, 0.3) is 0 Å². The number of nitrogens with zero attached hydrogens (tertiary/aromatic N) is 2. The van der Waals surface area contributed by atoms with Crippen LogP contribution in [0.25, 0.3) is 0 Å². The van der Waals surface area contributed by atoms with E-state index in [0.29, 0.717) is 18.8 Å². The molecule has 1 amide bonds. The number of amides is 1. The predicted octanol–water partition coefficient (Wildman–Crippen LogP) is 2.51. The number of rotatable bonds is 2. The third-order valence-electron chi connectivity index (χ3n) is 1.74. The number of hydrogen-bond donors (Lipinski definition) is 1. The Balaban J connectivity index is 2.28. The van der Waals surface area contributed by atoms with Crippen molar-refractivity contribution in [1.29, 1.82) is 0 Å². The summed E-state index contributed by atoms with van der Waals surface area (Å²) in [4.78, 5) is 19.3. The number of carbonyl (C=O) groups excluding carboxylic acids is 1. The quantitative estimate of drug-likeness (QED) is 0.670. The fourth-order valence-corrected chi connectivity index (χ4v) is 1.26. The maximum atomic E-state index is 11.3. The van der Waals surface area contributed by atoms with Gasteiger partial charge < -0.3 is 10.1 Å². The van der Waals surface area contributed by atoms with Gasteiger partial charge in [-0.25, -0.2) is 14.8 Å². The molecule has 0 radical (unpaired) electrons. The van der Waals surface area contributed by atoms with Gasteiger partial charge in [0.2, 0.25) is 5.82 Å². The normalized spacial score (nSPS) is 10.3. The summed E-state index contributed by atoms with van der Waals surface area (Å²) in [6, 6.07) is 0. The van der Waals surface area contributed by atoms with Crippen molar-refractivity contribution in [3.8, 4) is 11.8 Å². The molecule has 0 aliphatic heterocycles. The molecular weight excluding hydrogens is 310 g/mol. The third-order valence-corrected chi connectivity index (χ3v) is 2.15. The Hall–Kier alpha value is -1.61. The molecular formula is C13H16BrN3O2. The molecule has 0 aromatic carbocycles. The molecule has 1 N–H and O–H groups in total. The molecule has 0 bridgehead atoms. The highest BCUT2D eigenvalue weighted by atomic mass is 79.9. The minimum absolute atomic E-state index is 0.429. The summed E-state index contributed by atoms with van der Waals surface area (Å²) in [6.07, 6.45) is 3.35. The van der Waals surface area contributed by atoms with E-state index >= 15 is 0 Å². The van der Waals surface area contributed by atoms with Crippen molar-refractivity contribution in [3.63, 3.8) is 0 Å². The van der Waals surface area contributed by atoms with Crippen LogP contribution in [0.15, 0.2) is 16.9 Å². The molecule has 19 heavy (non-hydrogen) atoms. The topological polar surface area (TPSA) is 64.1 Å². The standard InChI is InChI=1S/C13H16BrN3O2/c1-13(2,3)19-12(18)15-7-5-4-6-11-16-8-10(14)9-17-11/h8-9H,5,7H2,1-3H3,(H,15,18).